The summed E-state index contributed by atoms with van der Waals surface area (Å²) in [5.74, 6) is -1.08. The smallest absolute Gasteiger partial charge is 0.338 e. The van der Waals surface area contributed by atoms with Gasteiger partial charge in [0.15, 0.2) is 0 Å². The van der Waals surface area contributed by atoms with E-state index in [1.807, 2.05) is 30.3 Å². The van der Waals surface area contributed by atoms with E-state index >= 15 is 0 Å². The van der Waals surface area contributed by atoms with Crippen molar-refractivity contribution in [1.29, 1.82) is 0 Å². The first-order valence-corrected chi connectivity index (χ1v) is 6.55. The van der Waals surface area contributed by atoms with Gasteiger partial charge in [-0.05, 0) is 24.1 Å². The maximum absolute atomic E-state index is 12.1. The van der Waals surface area contributed by atoms with E-state index in [1.54, 1.807) is 6.92 Å². The fourth-order valence-corrected chi connectivity index (χ4v) is 1.74. The maximum atomic E-state index is 12.1. The highest BCUT2D eigenvalue weighted by Gasteiger charge is 2.15. The van der Waals surface area contributed by atoms with Crippen molar-refractivity contribution < 1.29 is 19.1 Å². The van der Waals surface area contributed by atoms with E-state index in [9.17, 15) is 9.59 Å². The number of benzene rings is 1. The molecule has 0 fully saturated rings. The van der Waals surface area contributed by atoms with Crippen molar-refractivity contribution in [3.63, 3.8) is 0 Å². The average molecular weight is 289 g/mol. The van der Waals surface area contributed by atoms with Gasteiger partial charge in [-0.25, -0.2) is 9.59 Å². The van der Waals surface area contributed by atoms with Crippen LogP contribution >= 0.6 is 0 Å². The lowest BCUT2D eigenvalue weighted by Gasteiger charge is -2.11. The van der Waals surface area contributed by atoms with Crippen molar-refractivity contribution >= 4 is 17.5 Å². The zero-order valence-electron chi connectivity index (χ0n) is 12.2. The van der Waals surface area contributed by atoms with E-state index in [1.165, 1.54) is 19.3 Å². The molecule has 0 spiro atoms. The molecule has 2 N–H and O–H groups in total. The standard InChI is InChI=1S/C16H19NO4/c1-3-21-16(19)13(9-10-15(18)20-2)14(11-17)12-7-5-4-6-8-12/h4-10H,3,11,17H2,1-2H3/b10-9+,14-13+. The number of nitrogens with two attached hydrogens (primary N) is 1. The molecule has 5 heteroatoms. The molecule has 0 unspecified atom stereocenters. The molecule has 0 heterocycles. The highest BCUT2D eigenvalue weighted by molar-refractivity contribution is 6.02. The van der Waals surface area contributed by atoms with Gasteiger partial charge in [-0.1, -0.05) is 30.3 Å². The van der Waals surface area contributed by atoms with Crippen LogP contribution in [0.25, 0.3) is 5.57 Å². The minimum absolute atomic E-state index is 0.143. The Bertz CT molecular complexity index is 547. The van der Waals surface area contributed by atoms with Crippen LogP contribution in [0.3, 0.4) is 0 Å². The second kappa shape index (κ2) is 8.71. The summed E-state index contributed by atoms with van der Waals surface area (Å²) in [4.78, 5) is 23.3. The minimum atomic E-state index is -0.554. The third kappa shape index (κ3) is 4.89. The molecule has 0 aliphatic rings. The quantitative estimate of drug-likeness (QED) is 0.490. The Morgan fingerprint density at radius 1 is 1.19 bits per heavy atom. The third-order valence-corrected chi connectivity index (χ3v) is 2.73. The number of hydrogen-bond donors (Lipinski definition) is 1. The van der Waals surface area contributed by atoms with Gasteiger partial charge in [0.1, 0.15) is 0 Å². The molecule has 0 saturated heterocycles. The predicted molar refractivity (Wildman–Crippen MR) is 80.2 cm³/mol. The van der Waals surface area contributed by atoms with Crippen molar-refractivity contribution in [2.45, 2.75) is 6.92 Å². The summed E-state index contributed by atoms with van der Waals surface area (Å²) < 4.78 is 9.55. The van der Waals surface area contributed by atoms with Gasteiger partial charge in [-0.3, -0.25) is 0 Å². The number of rotatable bonds is 6. The van der Waals surface area contributed by atoms with Gasteiger partial charge in [0.2, 0.25) is 0 Å². The SMILES string of the molecule is CCOC(=O)C(/C=C/C(=O)OC)=C(\CN)c1ccccc1. The molecule has 0 aliphatic heterocycles. The van der Waals surface area contributed by atoms with Crippen molar-refractivity contribution in [3.05, 3.63) is 53.6 Å². The summed E-state index contributed by atoms with van der Waals surface area (Å²) >= 11 is 0. The van der Waals surface area contributed by atoms with Gasteiger partial charge in [-0.15, -0.1) is 0 Å². The second-order valence-electron chi connectivity index (χ2n) is 4.04. The summed E-state index contributed by atoms with van der Waals surface area (Å²) in [7, 11) is 1.27. The third-order valence-electron chi connectivity index (χ3n) is 2.73. The molecule has 1 aromatic rings. The van der Waals surface area contributed by atoms with Gasteiger partial charge in [-0.2, -0.15) is 0 Å². The first-order valence-electron chi connectivity index (χ1n) is 6.55. The van der Waals surface area contributed by atoms with Crippen LogP contribution in [0.5, 0.6) is 0 Å². The van der Waals surface area contributed by atoms with Gasteiger partial charge < -0.3 is 15.2 Å². The van der Waals surface area contributed by atoms with E-state index in [2.05, 4.69) is 4.74 Å². The monoisotopic (exact) mass is 289 g/mol. The zero-order valence-corrected chi connectivity index (χ0v) is 12.2. The molecule has 0 saturated carbocycles. The van der Waals surface area contributed by atoms with Crippen LogP contribution in [0.2, 0.25) is 0 Å². The largest absolute Gasteiger partial charge is 0.466 e. The van der Waals surface area contributed by atoms with Gasteiger partial charge >= 0.3 is 11.9 Å². The second-order valence-corrected chi connectivity index (χ2v) is 4.04. The van der Waals surface area contributed by atoms with Crippen LogP contribution < -0.4 is 5.73 Å². The molecule has 0 aliphatic carbocycles. The Balaban J connectivity index is 3.30. The Hall–Kier alpha value is -2.40. The van der Waals surface area contributed by atoms with Crippen molar-refractivity contribution in [1.82, 2.24) is 0 Å². The lowest BCUT2D eigenvalue weighted by Crippen LogP contribution is -2.13. The Morgan fingerprint density at radius 3 is 2.38 bits per heavy atom. The zero-order chi connectivity index (χ0) is 15.7. The summed E-state index contributed by atoms with van der Waals surface area (Å²) in [6.07, 6.45) is 2.55. The summed E-state index contributed by atoms with van der Waals surface area (Å²) in [5, 5.41) is 0. The molecular formula is C16H19NO4. The van der Waals surface area contributed by atoms with E-state index in [4.69, 9.17) is 10.5 Å². The molecule has 1 aromatic carbocycles. The lowest BCUT2D eigenvalue weighted by molar-refractivity contribution is -0.138. The molecule has 1 rings (SSSR count). The predicted octanol–water partition coefficient (Wildman–Crippen LogP) is 1.69. The van der Waals surface area contributed by atoms with Crippen LogP contribution in [-0.2, 0) is 19.1 Å². The van der Waals surface area contributed by atoms with E-state index < -0.39 is 11.9 Å². The summed E-state index contributed by atoms with van der Waals surface area (Å²) in [5.41, 5.74) is 7.42. The molecular weight excluding hydrogens is 270 g/mol. The fourth-order valence-electron chi connectivity index (χ4n) is 1.74. The Kier molecular flexibility index (Phi) is 6.91. The topological polar surface area (TPSA) is 78.6 Å². The summed E-state index contributed by atoms with van der Waals surface area (Å²) in [6, 6.07) is 9.24. The first kappa shape index (κ1) is 16.7. The molecule has 21 heavy (non-hydrogen) atoms. The molecule has 0 aromatic heterocycles. The van der Waals surface area contributed by atoms with E-state index in [-0.39, 0.29) is 18.7 Å². The highest BCUT2D eigenvalue weighted by Crippen LogP contribution is 2.20. The van der Waals surface area contributed by atoms with Crippen LogP contribution in [0, 0.1) is 0 Å². The first-order chi connectivity index (χ1) is 10.1. The highest BCUT2D eigenvalue weighted by atomic mass is 16.5. The molecule has 0 radical (unpaired) electrons. The number of esters is 2. The molecule has 0 bridgehead atoms. The number of ether oxygens (including phenoxy) is 2. The molecule has 0 amide bonds. The van der Waals surface area contributed by atoms with Crippen LogP contribution in [-0.4, -0.2) is 32.2 Å². The van der Waals surface area contributed by atoms with Crippen LogP contribution in [0.4, 0.5) is 0 Å². The van der Waals surface area contributed by atoms with Crippen molar-refractivity contribution in [3.8, 4) is 0 Å². The average Bonchev–Trinajstić information content (AvgIpc) is 2.52. The number of carbonyl (C=O) groups is 2. The van der Waals surface area contributed by atoms with E-state index in [0.29, 0.717) is 5.57 Å². The number of carbonyl (C=O) groups excluding carboxylic acids is 2. The maximum Gasteiger partial charge on any atom is 0.338 e. The van der Waals surface area contributed by atoms with Crippen LogP contribution in [0.15, 0.2) is 48.1 Å². The van der Waals surface area contributed by atoms with Gasteiger partial charge in [0.25, 0.3) is 0 Å². The van der Waals surface area contributed by atoms with Crippen molar-refractivity contribution in [2.75, 3.05) is 20.3 Å². The fraction of sp³-hybridized carbons (Fsp3) is 0.250. The Morgan fingerprint density at radius 2 is 1.86 bits per heavy atom. The van der Waals surface area contributed by atoms with Crippen LogP contribution in [0.1, 0.15) is 12.5 Å². The number of hydrogen-bond acceptors (Lipinski definition) is 5. The number of methoxy groups -OCH3 is 1. The lowest BCUT2D eigenvalue weighted by atomic mass is 9.99. The van der Waals surface area contributed by atoms with Crippen molar-refractivity contribution in [2.24, 2.45) is 5.73 Å². The molecule has 0 atom stereocenters. The van der Waals surface area contributed by atoms with E-state index in [0.717, 1.165) is 5.56 Å². The van der Waals surface area contributed by atoms with Gasteiger partial charge in [0, 0.05) is 12.6 Å². The molecule has 112 valence electrons. The van der Waals surface area contributed by atoms with Gasteiger partial charge in [0.05, 0.1) is 19.3 Å². The Labute approximate surface area is 124 Å². The summed E-state index contributed by atoms with van der Waals surface area (Å²) in [6.45, 7) is 2.09. The molecule has 5 nitrogen and oxygen atoms in total. The normalized spacial score (nSPS) is 12.0. The minimum Gasteiger partial charge on any atom is -0.466 e.